The van der Waals surface area contributed by atoms with Crippen LogP contribution >= 0.6 is 15.9 Å². The van der Waals surface area contributed by atoms with E-state index >= 15 is 0 Å². The predicted octanol–water partition coefficient (Wildman–Crippen LogP) is 4.82. The van der Waals surface area contributed by atoms with Gasteiger partial charge >= 0.3 is 0 Å². The molecule has 4 fully saturated rings. The van der Waals surface area contributed by atoms with Crippen molar-refractivity contribution in [3.05, 3.63) is 58.0 Å². The maximum absolute atomic E-state index is 14.7. The average molecular weight is 731 g/mol. The quantitative estimate of drug-likeness (QED) is 0.190. The van der Waals surface area contributed by atoms with Crippen LogP contribution in [0.15, 0.2) is 35.2 Å². The zero-order valence-electron chi connectivity index (χ0n) is 27.7. The number of fused-ring (bicyclic) bond motifs is 2. The largest absolute Gasteiger partial charge is 0.325 e. The van der Waals surface area contributed by atoms with Crippen molar-refractivity contribution in [1.82, 2.24) is 39.5 Å². The smallest absolute Gasteiger partial charge is 0.248 e. The van der Waals surface area contributed by atoms with Gasteiger partial charge in [0, 0.05) is 61.4 Å². The molecule has 12 nitrogen and oxygen atoms in total. The molecule has 4 aliphatic rings. The molecule has 2 aliphatic heterocycles. The standard InChI is InChI=1S/C35H37BrFN9O3/c1-19-5-6-28(36)41-32(19)42-33(49)26-10-35(18-44-16-34(17-44)7-4-8-34)11-27(35)46(26)29(48)15-45-31-23(30(43-45)20(2)47)9-24(40-25(31)12-37)22-13-38-21(3)39-14-22/h5-6,9,13-14,26-27H,4,7-8,10-12,15-18H2,1-3H3,(H,41,42,49)/t26-,27+,35-/m0/s1. The van der Waals surface area contributed by atoms with Crippen LogP contribution in [-0.4, -0.2) is 88.8 Å². The summed E-state index contributed by atoms with van der Waals surface area (Å²) in [6.45, 7) is 6.81. The third kappa shape index (κ3) is 5.52. The number of rotatable bonds is 9. The number of nitrogens with zero attached hydrogens (tertiary/aromatic N) is 8. The van der Waals surface area contributed by atoms with Crippen LogP contribution in [0.5, 0.6) is 0 Å². The number of carbonyl (C=O) groups is 3. The molecule has 0 aromatic carbocycles. The van der Waals surface area contributed by atoms with Crippen LogP contribution in [0.2, 0.25) is 0 Å². The number of hydrogen-bond acceptors (Lipinski definition) is 9. The highest BCUT2D eigenvalue weighted by atomic mass is 79.9. The zero-order chi connectivity index (χ0) is 34.2. The van der Waals surface area contributed by atoms with Crippen molar-refractivity contribution in [3.63, 3.8) is 0 Å². The van der Waals surface area contributed by atoms with Gasteiger partial charge in [-0.3, -0.25) is 19.1 Å². The summed E-state index contributed by atoms with van der Waals surface area (Å²) < 4.78 is 16.6. The molecule has 6 heterocycles. The third-order valence-electron chi connectivity index (χ3n) is 11.0. The van der Waals surface area contributed by atoms with Gasteiger partial charge in [-0.15, -0.1) is 0 Å². The number of amides is 2. The highest BCUT2D eigenvalue weighted by Gasteiger charge is 2.68. The van der Waals surface area contributed by atoms with E-state index in [2.05, 4.69) is 51.2 Å². The number of piperidine rings is 1. The second-order valence-corrected chi connectivity index (χ2v) is 15.3. The van der Waals surface area contributed by atoms with E-state index in [0.29, 0.717) is 44.7 Å². The number of aryl methyl sites for hydroxylation is 2. The molecule has 1 spiro atoms. The fourth-order valence-electron chi connectivity index (χ4n) is 8.36. The summed E-state index contributed by atoms with van der Waals surface area (Å²) in [4.78, 5) is 62.8. The Morgan fingerprint density at radius 3 is 2.51 bits per heavy atom. The van der Waals surface area contributed by atoms with E-state index in [1.54, 1.807) is 30.3 Å². The number of likely N-dealkylation sites (tertiary alicyclic amines) is 2. The number of nitrogens with one attached hydrogen (secondary N) is 1. The Labute approximate surface area is 291 Å². The molecule has 1 N–H and O–H groups in total. The van der Waals surface area contributed by atoms with Crippen molar-refractivity contribution in [1.29, 1.82) is 0 Å². The number of hydrogen-bond donors (Lipinski definition) is 1. The summed E-state index contributed by atoms with van der Waals surface area (Å²) >= 11 is 3.39. The maximum Gasteiger partial charge on any atom is 0.248 e. The first-order valence-electron chi connectivity index (χ1n) is 16.7. The van der Waals surface area contributed by atoms with Crippen LogP contribution < -0.4 is 5.32 Å². The van der Waals surface area contributed by atoms with Crippen LogP contribution in [0.25, 0.3) is 22.2 Å². The van der Waals surface area contributed by atoms with Crippen molar-refractivity contribution in [3.8, 4) is 11.3 Å². The van der Waals surface area contributed by atoms with Gasteiger partial charge in [-0.05, 0) is 78.6 Å². The lowest BCUT2D eigenvalue weighted by atomic mass is 9.63. The minimum absolute atomic E-state index is 0.0521. The Hall–Kier alpha value is -4.17. The molecule has 49 heavy (non-hydrogen) atoms. The molecule has 4 aromatic rings. The number of anilines is 1. The van der Waals surface area contributed by atoms with Crippen LogP contribution in [-0.2, 0) is 22.8 Å². The molecule has 2 aliphatic carbocycles. The third-order valence-corrected chi connectivity index (χ3v) is 11.4. The Morgan fingerprint density at radius 2 is 1.84 bits per heavy atom. The average Bonchev–Trinajstić information content (AvgIpc) is 3.44. The number of aromatic nitrogens is 6. The van der Waals surface area contributed by atoms with Crippen molar-refractivity contribution in [2.45, 2.75) is 78.2 Å². The molecule has 2 saturated carbocycles. The SMILES string of the molecule is CC(=O)c1nn(CC(=O)N2[C@H](C(=O)Nc3nc(Br)ccc3C)C[C@@]3(CN4CC5(CCC5)C4)C[C@@H]23)c2c(CF)nc(-c3cnc(C)nc3)cc12. The number of halogens is 2. The second kappa shape index (κ2) is 11.7. The van der Waals surface area contributed by atoms with Crippen LogP contribution in [0.1, 0.15) is 66.6 Å². The lowest BCUT2D eigenvalue weighted by Gasteiger charge is -2.56. The summed E-state index contributed by atoms with van der Waals surface area (Å²) in [5.41, 5.74) is 2.52. The van der Waals surface area contributed by atoms with Crippen molar-refractivity contribution in [2.24, 2.45) is 10.8 Å². The number of Topliss-reactive ketones (excluding diaryl/α,β-unsaturated/α-hetero) is 1. The van der Waals surface area contributed by atoms with Gasteiger partial charge in [0.05, 0.1) is 16.9 Å². The molecule has 14 heteroatoms. The van der Waals surface area contributed by atoms with Crippen molar-refractivity contribution in [2.75, 3.05) is 25.0 Å². The molecule has 4 aromatic heterocycles. The maximum atomic E-state index is 14.7. The molecular formula is C35H37BrFN9O3. The summed E-state index contributed by atoms with van der Waals surface area (Å²) in [6, 6.07) is 4.52. The van der Waals surface area contributed by atoms with Crippen molar-refractivity contribution < 1.29 is 18.8 Å². The number of alkyl halides is 1. The fraction of sp³-hybridized carbons (Fsp3) is 0.486. The molecule has 0 bridgehead atoms. The molecule has 3 atom stereocenters. The molecule has 2 saturated heterocycles. The summed E-state index contributed by atoms with van der Waals surface area (Å²) in [5, 5.41) is 7.91. The van der Waals surface area contributed by atoms with Gasteiger partial charge in [0.25, 0.3) is 0 Å². The second-order valence-electron chi connectivity index (χ2n) is 14.5. The Bertz CT molecular complexity index is 2020. The highest BCUT2D eigenvalue weighted by Crippen LogP contribution is 2.61. The van der Waals surface area contributed by atoms with Gasteiger partial charge in [-0.2, -0.15) is 5.10 Å². The van der Waals surface area contributed by atoms with E-state index in [1.807, 2.05) is 19.1 Å². The monoisotopic (exact) mass is 729 g/mol. The van der Waals surface area contributed by atoms with Gasteiger partial charge in [-0.1, -0.05) is 12.5 Å². The van der Waals surface area contributed by atoms with E-state index in [4.69, 9.17) is 0 Å². The molecule has 2 amide bonds. The van der Waals surface area contributed by atoms with Crippen LogP contribution in [0.4, 0.5) is 10.2 Å². The first-order valence-corrected chi connectivity index (χ1v) is 17.5. The summed E-state index contributed by atoms with van der Waals surface area (Å²) in [5.74, 6) is 0.0822. The normalized spacial score (nSPS) is 23.7. The lowest BCUT2D eigenvalue weighted by molar-refractivity contribution is -0.138. The predicted molar refractivity (Wildman–Crippen MR) is 182 cm³/mol. The minimum Gasteiger partial charge on any atom is -0.325 e. The summed E-state index contributed by atoms with van der Waals surface area (Å²) in [6.07, 6.45) is 8.41. The highest BCUT2D eigenvalue weighted by molar-refractivity contribution is 9.10. The van der Waals surface area contributed by atoms with Crippen LogP contribution in [0, 0.1) is 24.7 Å². The number of ketones is 1. The van der Waals surface area contributed by atoms with Gasteiger partial charge in [0.1, 0.15) is 41.2 Å². The first-order chi connectivity index (χ1) is 23.5. The number of carbonyl (C=O) groups excluding carboxylic acids is 3. The van der Waals surface area contributed by atoms with Gasteiger partial charge < -0.3 is 15.1 Å². The van der Waals surface area contributed by atoms with E-state index in [9.17, 15) is 18.8 Å². The minimum atomic E-state index is -0.939. The van der Waals surface area contributed by atoms with E-state index < -0.39 is 12.7 Å². The van der Waals surface area contributed by atoms with Crippen molar-refractivity contribution >= 4 is 50.2 Å². The lowest BCUT2D eigenvalue weighted by Crippen LogP contribution is -2.60. The molecule has 0 unspecified atom stereocenters. The van der Waals surface area contributed by atoms with E-state index in [0.717, 1.165) is 31.6 Å². The van der Waals surface area contributed by atoms with Crippen LogP contribution in [0.3, 0.4) is 0 Å². The topological polar surface area (TPSA) is 139 Å². The van der Waals surface area contributed by atoms with Gasteiger partial charge in [0.2, 0.25) is 11.8 Å². The van der Waals surface area contributed by atoms with E-state index in [1.165, 1.54) is 30.9 Å². The Morgan fingerprint density at radius 1 is 1.08 bits per heavy atom. The molecule has 0 radical (unpaired) electrons. The Kier molecular flexibility index (Phi) is 7.67. The number of pyridine rings is 2. The molecule has 8 rings (SSSR count). The summed E-state index contributed by atoms with van der Waals surface area (Å²) in [7, 11) is 0. The fourth-order valence-corrected chi connectivity index (χ4v) is 8.67. The van der Waals surface area contributed by atoms with Gasteiger partial charge in [-0.25, -0.2) is 24.3 Å². The Balaban J connectivity index is 1.11. The first kappa shape index (κ1) is 32.1. The molecule has 254 valence electrons. The zero-order valence-corrected chi connectivity index (χ0v) is 29.3. The van der Waals surface area contributed by atoms with E-state index in [-0.39, 0.29) is 52.5 Å². The van der Waals surface area contributed by atoms with Gasteiger partial charge in [0.15, 0.2) is 5.78 Å². The molecular weight excluding hydrogens is 693 g/mol.